The molecule has 1 aliphatic heterocycles. The molecule has 1 aromatic carbocycles. The Morgan fingerprint density at radius 1 is 1.31 bits per heavy atom. The number of hydrogen-bond donors (Lipinski definition) is 1. The molecular weight excluding hydrogens is 384 g/mol. The number of hydrogen-bond acceptors (Lipinski definition) is 5. The number of carbonyl (C=O) groups is 1. The molecule has 2 aromatic rings. The van der Waals surface area contributed by atoms with Gasteiger partial charge < -0.3 is 5.32 Å². The Kier molecular flexibility index (Phi) is 5.35. The third-order valence-electron chi connectivity index (χ3n) is 4.25. The van der Waals surface area contributed by atoms with Crippen LogP contribution in [0.3, 0.4) is 0 Å². The van der Waals surface area contributed by atoms with Crippen LogP contribution >= 0.6 is 11.3 Å². The molecule has 6 nitrogen and oxygen atoms in total. The lowest BCUT2D eigenvalue weighted by molar-refractivity contribution is 0.0927. The molecular formula is C16H17F2N3O3S2. The zero-order chi connectivity index (χ0) is 18.9. The number of sulfonamides is 1. The first-order valence-corrected chi connectivity index (χ1v) is 10.3. The molecule has 2 heterocycles. The molecule has 3 rings (SSSR count). The predicted octanol–water partition coefficient (Wildman–Crippen LogP) is 2.31. The molecule has 1 aliphatic rings. The second-order valence-electron chi connectivity index (χ2n) is 5.99. The summed E-state index contributed by atoms with van der Waals surface area (Å²) < 4.78 is 53.4. The highest BCUT2D eigenvalue weighted by molar-refractivity contribution is 7.89. The van der Waals surface area contributed by atoms with Crippen LogP contribution in [0, 0.1) is 18.6 Å². The molecule has 1 saturated heterocycles. The maximum Gasteiger partial charge on any atom is 0.263 e. The van der Waals surface area contributed by atoms with Crippen LogP contribution in [0.5, 0.6) is 0 Å². The molecule has 26 heavy (non-hydrogen) atoms. The fourth-order valence-corrected chi connectivity index (χ4v) is 5.08. The van der Waals surface area contributed by atoms with E-state index in [1.165, 1.54) is 11.3 Å². The molecule has 1 N–H and O–H groups in total. The SMILES string of the molecule is Cc1ncsc1C(=O)NC1CCN(S(=O)(=O)c2cc(F)ccc2F)CC1. The number of benzene rings is 1. The van der Waals surface area contributed by atoms with E-state index in [-0.39, 0.29) is 25.0 Å². The number of carbonyl (C=O) groups excluding carboxylic acids is 1. The van der Waals surface area contributed by atoms with Crippen molar-refractivity contribution in [2.45, 2.75) is 30.7 Å². The van der Waals surface area contributed by atoms with E-state index in [0.717, 1.165) is 16.4 Å². The van der Waals surface area contributed by atoms with Gasteiger partial charge in [0.15, 0.2) is 0 Å². The van der Waals surface area contributed by atoms with Crippen molar-refractivity contribution in [3.63, 3.8) is 0 Å². The smallest absolute Gasteiger partial charge is 0.263 e. The standard InChI is InChI=1S/C16H17F2N3O3S2/c1-10-15(25-9-19-10)16(22)20-12-4-6-21(7-5-12)26(23,24)14-8-11(17)2-3-13(14)18/h2-3,8-9,12H,4-7H2,1H3,(H,20,22). The van der Waals surface area contributed by atoms with Crippen molar-refractivity contribution in [2.75, 3.05) is 13.1 Å². The lowest BCUT2D eigenvalue weighted by Gasteiger charge is -2.31. The number of aryl methyl sites for hydroxylation is 1. The Morgan fingerprint density at radius 2 is 2.00 bits per heavy atom. The first-order chi connectivity index (χ1) is 12.3. The van der Waals surface area contributed by atoms with Crippen LogP contribution in [-0.4, -0.2) is 42.7 Å². The maximum absolute atomic E-state index is 13.8. The average molecular weight is 401 g/mol. The summed E-state index contributed by atoms with van der Waals surface area (Å²) in [5.74, 6) is -2.03. The fourth-order valence-electron chi connectivity index (χ4n) is 2.83. The van der Waals surface area contributed by atoms with E-state index in [1.54, 1.807) is 12.4 Å². The van der Waals surface area contributed by atoms with Gasteiger partial charge in [0.2, 0.25) is 10.0 Å². The number of halogens is 2. The Hall–Kier alpha value is -1.91. The second kappa shape index (κ2) is 7.37. The van der Waals surface area contributed by atoms with Crippen LogP contribution in [0.25, 0.3) is 0 Å². The van der Waals surface area contributed by atoms with Crippen LogP contribution in [0.15, 0.2) is 28.6 Å². The van der Waals surface area contributed by atoms with Crippen molar-refractivity contribution in [3.8, 4) is 0 Å². The van der Waals surface area contributed by atoms with Crippen molar-refractivity contribution in [1.29, 1.82) is 0 Å². The maximum atomic E-state index is 13.8. The van der Waals surface area contributed by atoms with Gasteiger partial charge in [-0.2, -0.15) is 4.31 Å². The first kappa shape index (κ1) is 18.9. The summed E-state index contributed by atoms with van der Waals surface area (Å²) in [4.78, 5) is 16.1. The molecule has 1 amide bonds. The molecule has 0 radical (unpaired) electrons. The molecule has 140 valence electrons. The molecule has 1 fully saturated rings. The van der Waals surface area contributed by atoms with E-state index in [2.05, 4.69) is 10.3 Å². The van der Waals surface area contributed by atoms with Gasteiger partial charge in [-0.1, -0.05) is 0 Å². The summed E-state index contributed by atoms with van der Waals surface area (Å²) in [5, 5.41) is 2.87. The summed E-state index contributed by atoms with van der Waals surface area (Å²) >= 11 is 1.24. The van der Waals surface area contributed by atoms with Gasteiger partial charge >= 0.3 is 0 Å². The number of amides is 1. The van der Waals surface area contributed by atoms with E-state index >= 15 is 0 Å². The molecule has 0 bridgehead atoms. The highest BCUT2D eigenvalue weighted by atomic mass is 32.2. The molecule has 1 aromatic heterocycles. The van der Waals surface area contributed by atoms with Crippen molar-refractivity contribution < 1.29 is 22.0 Å². The van der Waals surface area contributed by atoms with Crippen molar-refractivity contribution in [3.05, 3.63) is 45.9 Å². The number of piperidine rings is 1. The Labute approximate surface area is 153 Å². The molecule has 0 atom stereocenters. The molecule has 0 spiro atoms. The lowest BCUT2D eigenvalue weighted by atomic mass is 10.1. The largest absolute Gasteiger partial charge is 0.348 e. The van der Waals surface area contributed by atoms with E-state index in [9.17, 15) is 22.0 Å². The van der Waals surface area contributed by atoms with Gasteiger partial charge in [0.05, 0.1) is 11.2 Å². The van der Waals surface area contributed by atoms with Crippen molar-refractivity contribution in [1.82, 2.24) is 14.6 Å². The monoisotopic (exact) mass is 401 g/mol. The van der Waals surface area contributed by atoms with Crippen molar-refractivity contribution in [2.24, 2.45) is 0 Å². The van der Waals surface area contributed by atoms with Gasteiger partial charge in [0.1, 0.15) is 21.4 Å². The van der Waals surface area contributed by atoms with Gasteiger partial charge in [0, 0.05) is 19.1 Å². The average Bonchev–Trinajstić information content (AvgIpc) is 3.03. The zero-order valence-corrected chi connectivity index (χ0v) is 15.5. The second-order valence-corrected chi connectivity index (χ2v) is 8.75. The highest BCUT2D eigenvalue weighted by Crippen LogP contribution is 2.24. The van der Waals surface area contributed by atoms with Crippen LogP contribution in [-0.2, 0) is 10.0 Å². The minimum absolute atomic E-state index is 0.116. The predicted molar refractivity (Wildman–Crippen MR) is 92.5 cm³/mol. The number of rotatable bonds is 4. The normalized spacial score (nSPS) is 16.6. The van der Waals surface area contributed by atoms with Gasteiger partial charge in [-0.3, -0.25) is 4.79 Å². The zero-order valence-electron chi connectivity index (χ0n) is 13.9. The number of thiazole rings is 1. The summed E-state index contributed by atoms with van der Waals surface area (Å²) in [5.41, 5.74) is 2.24. The molecule has 0 saturated carbocycles. The number of nitrogens with one attached hydrogen (secondary N) is 1. The molecule has 0 unspecified atom stereocenters. The summed E-state index contributed by atoms with van der Waals surface area (Å²) in [6, 6.07) is 2.17. The van der Waals surface area contributed by atoms with Gasteiger partial charge in [0.25, 0.3) is 5.91 Å². The van der Waals surface area contributed by atoms with E-state index in [0.29, 0.717) is 29.5 Å². The van der Waals surface area contributed by atoms with Gasteiger partial charge in [-0.15, -0.1) is 11.3 Å². The van der Waals surface area contributed by atoms with Gasteiger partial charge in [-0.05, 0) is 38.0 Å². The van der Waals surface area contributed by atoms with Crippen LogP contribution < -0.4 is 5.32 Å². The van der Waals surface area contributed by atoms with Crippen LogP contribution in [0.1, 0.15) is 28.2 Å². The van der Waals surface area contributed by atoms with E-state index in [4.69, 9.17) is 0 Å². The first-order valence-electron chi connectivity index (χ1n) is 7.95. The summed E-state index contributed by atoms with van der Waals surface area (Å²) in [6.07, 6.45) is 0.777. The Balaban J connectivity index is 1.65. The quantitative estimate of drug-likeness (QED) is 0.853. The van der Waals surface area contributed by atoms with Crippen molar-refractivity contribution >= 4 is 27.3 Å². The molecule has 10 heteroatoms. The highest BCUT2D eigenvalue weighted by Gasteiger charge is 2.32. The third kappa shape index (κ3) is 3.76. The summed E-state index contributed by atoms with van der Waals surface area (Å²) in [7, 11) is -4.12. The van der Waals surface area contributed by atoms with Crippen LogP contribution in [0.4, 0.5) is 8.78 Å². The number of nitrogens with zero attached hydrogens (tertiary/aromatic N) is 2. The van der Waals surface area contributed by atoms with Gasteiger partial charge in [-0.25, -0.2) is 22.2 Å². The minimum atomic E-state index is -4.12. The Bertz CT molecular complexity index is 923. The minimum Gasteiger partial charge on any atom is -0.348 e. The van der Waals surface area contributed by atoms with E-state index in [1.807, 2.05) is 0 Å². The third-order valence-corrected chi connectivity index (χ3v) is 7.09. The molecule has 0 aliphatic carbocycles. The van der Waals surface area contributed by atoms with E-state index < -0.39 is 26.6 Å². The summed E-state index contributed by atoms with van der Waals surface area (Å²) in [6.45, 7) is 1.98. The fraction of sp³-hybridized carbons (Fsp3) is 0.375. The lowest BCUT2D eigenvalue weighted by Crippen LogP contribution is -2.46. The topological polar surface area (TPSA) is 79.4 Å². The van der Waals surface area contributed by atoms with Crippen LogP contribution in [0.2, 0.25) is 0 Å². The Morgan fingerprint density at radius 3 is 2.62 bits per heavy atom. The number of aromatic nitrogens is 1.